The van der Waals surface area contributed by atoms with E-state index in [9.17, 15) is 0 Å². The molecule has 0 atom stereocenters. The number of benzene rings is 1. The van der Waals surface area contributed by atoms with Gasteiger partial charge in [-0.2, -0.15) is 0 Å². The van der Waals surface area contributed by atoms with Crippen LogP contribution in [-0.4, -0.2) is 0 Å². The van der Waals surface area contributed by atoms with E-state index in [-0.39, 0.29) is 0 Å². The van der Waals surface area contributed by atoms with Crippen LogP contribution in [0.2, 0.25) is 5.02 Å². The van der Waals surface area contributed by atoms with Crippen LogP contribution in [0.25, 0.3) is 0 Å². The predicted octanol–water partition coefficient (Wildman–Crippen LogP) is 3.13. The summed E-state index contributed by atoms with van der Waals surface area (Å²) in [5.41, 5.74) is 1.70. The van der Waals surface area contributed by atoms with Crippen molar-refractivity contribution < 1.29 is 0 Å². The molecule has 1 aromatic carbocycles. The lowest BCUT2D eigenvalue weighted by atomic mass is 10.1. The number of rotatable bonds is 2. The van der Waals surface area contributed by atoms with Crippen LogP contribution in [0.3, 0.4) is 0 Å². The molecule has 0 aromatic heterocycles. The van der Waals surface area contributed by atoms with Crippen LogP contribution < -0.4 is 0 Å². The van der Waals surface area contributed by atoms with Crippen LogP contribution in [0, 0.1) is 6.92 Å². The molecule has 1 rings (SSSR count). The van der Waals surface area contributed by atoms with Gasteiger partial charge in [-0.05, 0) is 23.6 Å². The summed E-state index contributed by atoms with van der Waals surface area (Å²) in [5, 5.41) is 0.615. The summed E-state index contributed by atoms with van der Waals surface area (Å²) in [6.45, 7) is 9.32. The largest absolute Gasteiger partial charge is 0.103 e. The first-order valence-electron chi connectivity index (χ1n) is 3.39. The molecule has 1 heteroatoms. The predicted molar refractivity (Wildman–Crippen MR) is 48.8 cm³/mol. The summed E-state index contributed by atoms with van der Waals surface area (Å²) in [4.78, 5) is 0. The van der Waals surface area contributed by atoms with E-state index in [1.54, 1.807) is 6.07 Å². The molecular weight excluding hydrogens is 156 g/mol. The van der Waals surface area contributed by atoms with Crippen molar-refractivity contribution in [3.05, 3.63) is 53.9 Å². The molecule has 0 aliphatic heterocycles. The highest BCUT2D eigenvalue weighted by Gasteiger charge is 1.98. The highest BCUT2D eigenvalue weighted by molar-refractivity contribution is 6.31. The smallest absolute Gasteiger partial charge is 0.0444 e. The lowest BCUT2D eigenvalue weighted by Gasteiger charge is -2.02. The van der Waals surface area contributed by atoms with Crippen LogP contribution in [0.1, 0.15) is 11.1 Å². The lowest BCUT2D eigenvalue weighted by Crippen LogP contribution is -1.86. The van der Waals surface area contributed by atoms with Crippen LogP contribution >= 0.6 is 11.6 Å². The van der Waals surface area contributed by atoms with Gasteiger partial charge in [0, 0.05) is 11.9 Å². The van der Waals surface area contributed by atoms with Gasteiger partial charge < -0.3 is 0 Å². The molecule has 2 radical (unpaired) electrons. The zero-order chi connectivity index (χ0) is 8.27. The normalized spacial score (nSPS) is 9.64. The molecular formula is C10H9Cl. The van der Waals surface area contributed by atoms with Crippen LogP contribution in [0.15, 0.2) is 30.9 Å². The number of allylic oxidation sites excluding steroid dienone is 1. The van der Waals surface area contributed by atoms with Crippen LogP contribution in [-0.2, 0) is 6.42 Å². The van der Waals surface area contributed by atoms with Crippen molar-refractivity contribution in [2.45, 2.75) is 6.42 Å². The van der Waals surface area contributed by atoms with Crippen LogP contribution in [0.5, 0.6) is 0 Å². The summed E-state index contributed by atoms with van der Waals surface area (Å²) >= 11 is 5.79. The second kappa shape index (κ2) is 3.59. The Hall–Kier alpha value is -0.750. The summed E-state index contributed by atoms with van der Waals surface area (Å²) < 4.78 is 0. The molecule has 0 fully saturated rings. The topological polar surface area (TPSA) is 0 Å². The van der Waals surface area contributed by atoms with Gasteiger partial charge in [0.25, 0.3) is 0 Å². The Labute approximate surface area is 72.5 Å². The molecule has 56 valence electrons. The molecule has 0 N–H and O–H groups in total. The molecule has 0 unspecified atom stereocenters. The van der Waals surface area contributed by atoms with Gasteiger partial charge in [-0.25, -0.2) is 0 Å². The quantitative estimate of drug-likeness (QED) is 0.590. The summed E-state index contributed by atoms with van der Waals surface area (Å²) in [5.74, 6) is 0. The van der Waals surface area contributed by atoms with Gasteiger partial charge in [0.05, 0.1) is 0 Å². The molecule has 0 saturated heterocycles. The molecule has 0 aliphatic carbocycles. The highest BCUT2D eigenvalue weighted by atomic mass is 35.5. The Morgan fingerprint density at radius 1 is 1.55 bits per heavy atom. The van der Waals surface area contributed by atoms with Crippen molar-refractivity contribution in [3.8, 4) is 0 Å². The van der Waals surface area contributed by atoms with Gasteiger partial charge in [-0.3, -0.25) is 0 Å². The van der Waals surface area contributed by atoms with Crippen molar-refractivity contribution in [3.63, 3.8) is 0 Å². The molecule has 0 nitrogen and oxygen atoms in total. The zero-order valence-corrected chi connectivity index (χ0v) is 6.93. The molecule has 1 aromatic rings. The molecule has 0 saturated carbocycles. The Kier molecular flexibility index (Phi) is 2.72. The summed E-state index contributed by atoms with van der Waals surface area (Å²) in [6.07, 6.45) is 2.58. The number of hydrogen-bond donors (Lipinski definition) is 0. The molecule has 11 heavy (non-hydrogen) atoms. The van der Waals surface area contributed by atoms with Crippen molar-refractivity contribution in [1.29, 1.82) is 0 Å². The summed E-state index contributed by atoms with van der Waals surface area (Å²) in [6, 6.07) is 5.61. The second-order valence-electron chi connectivity index (χ2n) is 2.31. The molecule has 0 amide bonds. The van der Waals surface area contributed by atoms with Gasteiger partial charge >= 0.3 is 0 Å². The average Bonchev–Trinajstić information content (AvgIpc) is 1.99. The van der Waals surface area contributed by atoms with Crippen molar-refractivity contribution in [1.82, 2.24) is 0 Å². The van der Waals surface area contributed by atoms with E-state index in [0.29, 0.717) is 10.6 Å². The first-order valence-corrected chi connectivity index (χ1v) is 3.77. The first kappa shape index (κ1) is 8.35. The first-order chi connectivity index (χ1) is 5.25. The lowest BCUT2D eigenvalue weighted by molar-refractivity contribution is 1.25. The fraction of sp³-hybridized carbons (Fsp3) is 0.100. The van der Waals surface area contributed by atoms with E-state index >= 15 is 0 Å². The minimum atomic E-state index is 0.615. The van der Waals surface area contributed by atoms with E-state index < -0.39 is 0 Å². The highest BCUT2D eigenvalue weighted by Crippen LogP contribution is 2.18. The summed E-state index contributed by atoms with van der Waals surface area (Å²) in [7, 11) is 0. The maximum absolute atomic E-state index is 5.79. The van der Waals surface area contributed by atoms with Crippen LogP contribution in [0.4, 0.5) is 0 Å². The Balaban J connectivity index is 3.05. The Bertz CT molecular complexity index is 264. The zero-order valence-electron chi connectivity index (χ0n) is 6.18. The third-order valence-electron chi connectivity index (χ3n) is 1.51. The number of hydrogen-bond acceptors (Lipinski definition) is 0. The molecule has 0 heterocycles. The van der Waals surface area contributed by atoms with Crippen molar-refractivity contribution in [2.24, 2.45) is 0 Å². The minimum Gasteiger partial charge on any atom is -0.103 e. The Morgan fingerprint density at radius 2 is 2.27 bits per heavy atom. The van der Waals surface area contributed by atoms with E-state index in [1.165, 1.54) is 0 Å². The number of halogens is 1. The fourth-order valence-electron chi connectivity index (χ4n) is 0.915. The monoisotopic (exact) mass is 164 g/mol. The average molecular weight is 165 g/mol. The maximum Gasteiger partial charge on any atom is 0.0444 e. The van der Waals surface area contributed by atoms with E-state index in [1.807, 2.05) is 18.2 Å². The van der Waals surface area contributed by atoms with Gasteiger partial charge in [0.15, 0.2) is 0 Å². The SMILES string of the molecule is [CH]c1c(Cl)cccc1CC=C. The third kappa shape index (κ3) is 1.84. The van der Waals surface area contributed by atoms with Crippen molar-refractivity contribution >= 4 is 11.6 Å². The van der Waals surface area contributed by atoms with E-state index in [0.717, 1.165) is 12.0 Å². The molecule has 0 bridgehead atoms. The van der Waals surface area contributed by atoms with Gasteiger partial charge in [-0.1, -0.05) is 29.8 Å². The Morgan fingerprint density at radius 3 is 2.91 bits per heavy atom. The van der Waals surface area contributed by atoms with Gasteiger partial charge in [-0.15, -0.1) is 6.58 Å². The maximum atomic E-state index is 5.79. The van der Waals surface area contributed by atoms with Gasteiger partial charge in [0.2, 0.25) is 0 Å². The standard InChI is InChI=1S/C10H9Cl/c1-3-5-9-6-4-7-10(11)8(9)2/h2-4,6-7H,1,5H2. The minimum absolute atomic E-state index is 0.615. The molecule has 0 aliphatic rings. The molecule has 0 spiro atoms. The van der Waals surface area contributed by atoms with Crippen molar-refractivity contribution in [2.75, 3.05) is 0 Å². The van der Waals surface area contributed by atoms with E-state index in [2.05, 4.69) is 6.58 Å². The van der Waals surface area contributed by atoms with E-state index in [4.69, 9.17) is 18.5 Å². The fourth-order valence-corrected chi connectivity index (χ4v) is 1.11. The third-order valence-corrected chi connectivity index (χ3v) is 1.84. The second-order valence-corrected chi connectivity index (χ2v) is 2.71. The van der Waals surface area contributed by atoms with Gasteiger partial charge in [0.1, 0.15) is 0 Å².